The number of likely N-dealkylation sites (tertiary alicyclic amines) is 1. The summed E-state index contributed by atoms with van der Waals surface area (Å²) < 4.78 is 21.8. The van der Waals surface area contributed by atoms with Gasteiger partial charge in [0.15, 0.2) is 5.65 Å². The van der Waals surface area contributed by atoms with Crippen molar-refractivity contribution in [3.05, 3.63) is 49.1 Å². The molecule has 3 aromatic heterocycles. The second-order valence-corrected chi connectivity index (χ2v) is 10.6. The highest BCUT2D eigenvalue weighted by Crippen LogP contribution is 2.30. The summed E-state index contributed by atoms with van der Waals surface area (Å²) in [5, 5.41) is 4.66. The maximum Gasteiger partial charge on any atom is 0.156 e. The normalized spacial score (nSPS) is 17.6. The van der Waals surface area contributed by atoms with Crippen LogP contribution in [0.25, 0.3) is 33.5 Å². The van der Waals surface area contributed by atoms with E-state index in [0.29, 0.717) is 10.9 Å². The minimum Gasteiger partial charge on any atom is -0.344 e. The molecule has 166 valence electrons. The van der Waals surface area contributed by atoms with E-state index in [1.165, 1.54) is 6.26 Å². The van der Waals surface area contributed by atoms with Crippen LogP contribution in [0, 0.1) is 4.78 Å². The van der Waals surface area contributed by atoms with E-state index in [1.54, 1.807) is 18.3 Å². The predicted molar refractivity (Wildman–Crippen MR) is 126 cm³/mol. The van der Waals surface area contributed by atoms with Crippen molar-refractivity contribution in [3.63, 3.8) is 0 Å². The van der Waals surface area contributed by atoms with Gasteiger partial charge in [-0.2, -0.15) is 5.10 Å². The highest BCUT2D eigenvalue weighted by molar-refractivity contribution is 7.91. The number of rotatable bonds is 5. The molecule has 1 aliphatic heterocycles. The van der Waals surface area contributed by atoms with Crippen molar-refractivity contribution in [2.24, 2.45) is 0 Å². The topological polar surface area (TPSA) is 104 Å². The van der Waals surface area contributed by atoms with E-state index < -0.39 is 9.73 Å². The molecule has 1 fully saturated rings. The summed E-state index contributed by atoms with van der Waals surface area (Å²) in [5.74, 6) is 0. The Kier molecular flexibility index (Phi) is 5.30. The third kappa shape index (κ3) is 3.93. The van der Waals surface area contributed by atoms with Gasteiger partial charge in [0.05, 0.1) is 33.9 Å². The van der Waals surface area contributed by atoms with Gasteiger partial charge < -0.3 is 9.88 Å². The van der Waals surface area contributed by atoms with Crippen molar-refractivity contribution in [1.29, 1.82) is 4.78 Å². The fourth-order valence-electron chi connectivity index (χ4n) is 4.31. The molecule has 9 heteroatoms. The van der Waals surface area contributed by atoms with Crippen LogP contribution >= 0.6 is 0 Å². The van der Waals surface area contributed by atoms with Gasteiger partial charge in [0, 0.05) is 53.3 Å². The SMILES string of the molecule is CCN1CCC(n2cc(-c3c[nH]c4ncc(-c5ccc([S@@](C)(=N)=O)cc5)nc34)cn2)CC1. The molecule has 1 saturated heterocycles. The van der Waals surface area contributed by atoms with Crippen molar-refractivity contribution in [1.82, 2.24) is 29.6 Å². The van der Waals surface area contributed by atoms with Gasteiger partial charge >= 0.3 is 0 Å². The number of benzene rings is 1. The van der Waals surface area contributed by atoms with Crippen molar-refractivity contribution in [2.75, 3.05) is 25.9 Å². The van der Waals surface area contributed by atoms with Crippen LogP contribution < -0.4 is 0 Å². The number of H-pyrrole nitrogens is 1. The number of hydrogen-bond donors (Lipinski definition) is 2. The average molecular weight is 450 g/mol. The Morgan fingerprint density at radius 1 is 1.16 bits per heavy atom. The Balaban J connectivity index is 1.44. The number of fused-ring (bicyclic) bond motifs is 1. The zero-order valence-electron chi connectivity index (χ0n) is 18.3. The Labute approximate surface area is 187 Å². The summed E-state index contributed by atoms with van der Waals surface area (Å²) in [5.41, 5.74) is 5.13. The molecule has 8 nitrogen and oxygen atoms in total. The minimum absolute atomic E-state index is 0.433. The first-order chi connectivity index (χ1) is 15.4. The molecule has 0 radical (unpaired) electrons. The van der Waals surface area contributed by atoms with Crippen molar-refractivity contribution >= 4 is 20.9 Å². The van der Waals surface area contributed by atoms with Gasteiger partial charge in [-0.15, -0.1) is 0 Å². The van der Waals surface area contributed by atoms with E-state index in [4.69, 9.17) is 9.76 Å². The first kappa shape index (κ1) is 20.8. The lowest BCUT2D eigenvalue weighted by Crippen LogP contribution is -2.34. The maximum atomic E-state index is 11.9. The molecule has 2 N–H and O–H groups in total. The zero-order valence-corrected chi connectivity index (χ0v) is 19.1. The van der Waals surface area contributed by atoms with Crippen LogP contribution in [0.3, 0.4) is 0 Å². The highest BCUT2D eigenvalue weighted by Gasteiger charge is 2.21. The largest absolute Gasteiger partial charge is 0.344 e. The first-order valence-corrected chi connectivity index (χ1v) is 12.8. The molecule has 0 aliphatic carbocycles. The fourth-order valence-corrected chi connectivity index (χ4v) is 4.97. The maximum absolute atomic E-state index is 11.9. The Bertz CT molecular complexity index is 1350. The molecule has 0 saturated carbocycles. The molecule has 0 unspecified atom stereocenters. The van der Waals surface area contributed by atoms with Gasteiger partial charge in [-0.1, -0.05) is 19.1 Å². The van der Waals surface area contributed by atoms with E-state index in [0.717, 1.165) is 66.0 Å². The molecule has 4 aromatic rings. The standard InChI is InChI=1S/C23H27N7OS/c1-3-29-10-8-18(9-11-29)30-15-17(12-27-30)20-13-25-23-22(20)28-21(14-26-23)16-4-6-19(7-5-16)32(2,24)31/h4-7,12-15,18,24H,3,8-11H2,1-2H3,(H,25,26)/t32-/m0/s1. The Morgan fingerprint density at radius 2 is 1.91 bits per heavy atom. The van der Waals surface area contributed by atoms with Crippen LogP contribution in [0.1, 0.15) is 25.8 Å². The van der Waals surface area contributed by atoms with E-state index in [1.807, 2.05) is 24.5 Å². The van der Waals surface area contributed by atoms with Crippen molar-refractivity contribution in [2.45, 2.75) is 30.7 Å². The molecule has 32 heavy (non-hydrogen) atoms. The smallest absolute Gasteiger partial charge is 0.156 e. The van der Waals surface area contributed by atoms with Gasteiger partial charge in [0.2, 0.25) is 0 Å². The van der Waals surface area contributed by atoms with Gasteiger partial charge in [0.25, 0.3) is 0 Å². The van der Waals surface area contributed by atoms with Gasteiger partial charge in [-0.3, -0.25) is 4.68 Å². The molecule has 0 spiro atoms. The first-order valence-electron chi connectivity index (χ1n) is 10.9. The summed E-state index contributed by atoms with van der Waals surface area (Å²) in [6, 6.07) is 7.57. The average Bonchev–Trinajstić information content (AvgIpc) is 3.45. The second kappa shape index (κ2) is 8.14. The summed E-state index contributed by atoms with van der Waals surface area (Å²) in [7, 11) is -2.73. The quantitative estimate of drug-likeness (QED) is 0.476. The van der Waals surface area contributed by atoms with E-state index >= 15 is 0 Å². The number of piperidine rings is 1. The molecule has 1 atom stereocenters. The van der Waals surface area contributed by atoms with E-state index in [2.05, 4.69) is 37.8 Å². The summed E-state index contributed by atoms with van der Waals surface area (Å²) >= 11 is 0. The third-order valence-corrected chi connectivity index (χ3v) is 7.44. The molecule has 0 bridgehead atoms. The number of hydrogen-bond acceptors (Lipinski definition) is 6. The highest BCUT2D eigenvalue weighted by atomic mass is 32.2. The second-order valence-electron chi connectivity index (χ2n) is 8.40. The van der Waals surface area contributed by atoms with Gasteiger partial charge in [0.1, 0.15) is 5.52 Å². The molecule has 5 rings (SSSR count). The lowest BCUT2D eigenvalue weighted by molar-refractivity contribution is 0.187. The van der Waals surface area contributed by atoms with Crippen LogP contribution in [0.4, 0.5) is 0 Å². The minimum atomic E-state index is -2.73. The lowest BCUT2D eigenvalue weighted by atomic mass is 10.1. The van der Waals surface area contributed by atoms with Crippen LogP contribution in [0.5, 0.6) is 0 Å². The monoisotopic (exact) mass is 449 g/mol. The number of nitrogens with zero attached hydrogens (tertiary/aromatic N) is 5. The molecule has 1 aliphatic rings. The fraction of sp³-hybridized carbons (Fsp3) is 0.348. The number of aromatic nitrogens is 5. The zero-order chi connectivity index (χ0) is 22.3. The molecule has 1 aromatic carbocycles. The van der Waals surface area contributed by atoms with E-state index in [-0.39, 0.29) is 0 Å². The Hall–Kier alpha value is -3.04. The van der Waals surface area contributed by atoms with Crippen LogP contribution in [0.15, 0.2) is 53.9 Å². The molecule has 4 heterocycles. The number of nitrogens with one attached hydrogen (secondary N) is 2. The molecule has 0 amide bonds. The van der Waals surface area contributed by atoms with Crippen LogP contribution in [-0.4, -0.2) is 59.7 Å². The summed E-state index contributed by atoms with van der Waals surface area (Å²) in [4.78, 5) is 15.6. The molecular formula is C23H27N7OS. The van der Waals surface area contributed by atoms with Crippen LogP contribution in [0.2, 0.25) is 0 Å². The number of aromatic amines is 1. The predicted octanol–water partition coefficient (Wildman–Crippen LogP) is 4.18. The van der Waals surface area contributed by atoms with Gasteiger partial charge in [-0.25, -0.2) is 19.0 Å². The van der Waals surface area contributed by atoms with Crippen molar-refractivity contribution in [3.8, 4) is 22.4 Å². The van der Waals surface area contributed by atoms with E-state index in [9.17, 15) is 4.21 Å². The van der Waals surface area contributed by atoms with Crippen LogP contribution in [-0.2, 0) is 9.73 Å². The lowest BCUT2D eigenvalue weighted by Gasteiger charge is -2.31. The Morgan fingerprint density at radius 3 is 2.59 bits per heavy atom. The van der Waals surface area contributed by atoms with Gasteiger partial charge in [-0.05, 0) is 31.5 Å². The van der Waals surface area contributed by atoms with Crippen molar-refractivity contribution < 1.29 is 4.21 Å². The summed E-state index contributed by atoms with van der Waals surface area (Å²) in [6.45, 7) is 5.55. The summed E-state index contributed by atoms with van der Waals surface area (Å²) in [6.07, 6.45) is 11.3. The third-order valence-electron chi connectivity index (χ3n) is 6.27. The molecular weight excluding hydrogens is 422 g/mol.